The quantitative estimate of drug-likeness (QED) is 0.0348. The number of ether oxygens (including phenoxy) is 3. The number of esters is 3. The normalized spacial score (nSPS) is 12.1. The molecule has 0 unspecified atom stereocenters. The highest BCUT2D eigenvalue weighted by molar-refractivity contribution is 5.71. The maximum absolute atomic E-state index is 12.7. The van der Waals surface area contributed by atoms with E-state index in [9.17, 15) is 14.4 Å². The van der Waals surface area contributed by atoms with Crippen molar-refractivity contribution in [1.29, 1.82) is 0 Å². The van der Waals surface area contributed by atoms with Gasteiger partial charge in [0, 0.05) is 19.3 Å². The molecular weight excluding hydrogens is 685 g/mol. The Morgan fingerprint density at radius 1 is 0.345 bits per heavy atom. The minimum absolute atomic E-state index is 0.0654. The van der Waals surface area contributed by atoms with Crippen LogP contribution in [0.2, 0.25) is 0 Å². The van der Waals surface area contributed by atoms with Gasteiger partial charge in [-0.25, -0.2) is 0 Å². The van der Waals surface area contributed by atoms with Crippen LogP contribution in [0, 0.1) is 11.8 Å². The summed E-state index contributed by atoms with van der Waals surface area (Å²) in [7, 11) is 0. The molecule has 0 aliphatic rings. The number of hydrogen-bond acceptors (Lipinski definition) is 6. The van der Waals surface area contributed by atoms with Crippen LogP contribution in [0.25, 0.3) is 0 Å². The van der Waals surface area contributed by atoms with Crippen LogP contribution < -0.4 is 0 Å². The van der Waals surface area contributed by atoms with Crippen molar-refractivity contribution in [3.8, 4) is 0 Å². The predicted octanol–water partition coefficient (Wildman–Crippen LogP) is 15.4. The SMILES string of the molecule is CCCCCCCCCCCCCCCCCCC(=O)OC[C@H](COC(=O)CCCCCCCCCCCC(C)C)OC(=O)CCCCCCCCC(C)C. The highest BCUT2D eigenvalue weighted by Gasteiger charge is 2.19. The molecule has 0 saturated carbocycles. The largest absolute Gasteiger partial charge is 0.462 e. The van der Waals surface area contributed by atoms with Crippen molar-refractivity contribution in [3.05, 3.63) is 0 Å². The average molecular weight is 779 g/mol. The van der Waals surface area contributed by atoms with E-state index in [2.05, 4.69) is 34.6 Å². The van der Waals surface area contributed by atoms with Crippen molar-refractivity contribution in [1.82, 2.24) is 0 Å². The molecule has 6 heteroatoms. The van der Waals surface area contributed by atoms with E-state index in [1.165, 1.54) is 154 Å². The molecule has 326 valence electrons. The molecule has 0 aromatic heterocycles. The van der Waals surface area contributed by atoms with Crippen molar-refractivity contribution in [2.75, 3.05) is 13.2 Å². The lowest BCUT2D eigenvalue weighted by atomic mass is 10.0. The summed E-state index contributed by atoms with van der Waals surface area (Å²) in [5, 5.41) is 0. The van der Waals surface area contributed by atoms with Gasteiger partial charge in [-0.1, -0.05) is 227 Å². The van der Waals surface area contributed by atoms with E-state index in [1.54, 1.807) is 0 Å². The molecule has 0 saturated heterocycles. The molecule has 55 heavy (non-hydrogen) atoms. The summed E-state index contributed by atoms with van der Waals surface area (Å²) in [4.78, 5) is 37.7. The fraction of sp³-hybridized carbons (Fsp3) is 0.939. The third-order valence-electron chi connectivity index (χ3n) is 11.0. The summed E-state index contributed by atoms with van der Waals surface area (Å²) in [6, 6.07) is 0. The van der Waals surface area contributed by atoms with Gasteiger partial charge in [0.1, 0.15) is 13.2 Å². The van der Waals surface area contributed by atoms with Gasteiger partial charge in [0.25, 0.3) is 0 Å². The molecule has 0 N–H and O–H groups in total. The number of carbonyl (C=O) groups is 3. The van der Waals surface area contributed by atoms with Crippen LogP contribution >= 0.6 is 0 Å². The fourth-order valence-corrected chi connectivity index (χ4v) is 7.28. The van der Waals surface area contributed by atoms with Crippen LogP contribution in [0.5, 0.6) is 0 Å². The second-order valence-electron chi connectivity index (χ2n) is 17.7. The molecule has 0 bridgehead atoms. The Morgan fingerprint density at radius 2 is 0.600 bits per heavy atom. The summed E-state index contributed by atoms with van der Waals surface area (Å²) >= 11 is 0. The smallest absolute Gasteiger partial charge is 0.306 e. The van der Waals surface area contributed by atoms with Crippen LogP contribution in [-0.2, 0) is 28.6 Å². The number of hydrogen-bond donors (Lipinski definition) is 0. The van der Waals surface area contributed by atoms with Crippen LogP contribution in [0.4, 0.5) is 0 Å². The minimum Gasteiger partial charge on any atom is -0.462 e. The molecular formula is C49H94O6. The maximum Gasteiger partial charge on any atom is 0.306 e. The zero-order valence-electron chi connectivity index (χ0n) is 37.6. The second kappa shape index (κ2) is 42.0. The Bertz CT molecular complexity index is 839. The number of carbonyl (C=O) groups excluding carboxylic acids is 3. The molecule has 0 radical (unpaired) electrons. The van der Waals surface area contributed by atoms with E-state index in [1.807, 2.05) is 0 Å². The molecule has 0 heterocycles. The van der Waals surface area contributed by atoms with Crippen molar-refractivity contribution < 1.29 is 28.6 Å². The summed E-state index contributed by atoms with van der Waals surface area (Å²) in [5.74, 6) is 0.708. The van der Waals surface area contributed by atoms with E-state index >= 15 is 0 Å². The molecule has 6 nitrogen and oxygen atoms in total. The van der Waals surface area contributed by atoms with Crippen molar-refractivity contribution >= 4 is 17.9 Å². The van der Waals surface area contributed by atoms with Gasteiger partial charge in [0.2, 0.25) is 0 Å². The summed E-state index contributed by atoms with van der Waals surface area (Å²) < 4.78 is 16.7. The van der Waals surface area contributed by atoms with Gasteiger partial charge in [0.05, 0.1) is 0 Å². The first-order valence-corrected chi connectivity index (χ1v) is 24.2. The molecule has 0 rings (SSSR count). The summed E-state index contributed by atoms with van der Waals surface area (Å²) in [6.45, 7) is 11.3. The Hall–Kier alpha value is -1.59. The zero-order valence-corrected chi connectivity index (χ0v) is 37.6. The van der Waals surface area contributed by atoms with Crippen LogP contribution in [0.1, 0.15) is 266 Å². The van der Waals surface area contributed by atoms with Gasteiger partial charge in [-0.2, -0.15) is 0 Å². The Kier molecular flexibility index (Phi) is 40.8. The van der Waals surface area contributed by atoms with Gasteiger partial charge < -0.3 is 14.2 Å². The summed E-state index contributed by atoms with van der Waals surface area (Å²) in [6.07, 6.45) is 41.1. The monoisotopic (exact) mass is 779 g/mol. The van der Waals surface area contributed by atoms with Gasteiger partial charge in [-0.05, 0) is 31.1 Å². The average Bonchev–Trinajstić information content (AvgIpc) is 3.15. The van der Waals surface area contributed by atoms with Gasteiger partial charge >= 0.3 is 17.9 Å². The lowest BCUT2D eigenvalue weighted by Crippen LogP contribution is -2.30. The minimum atomic E-state index is -0.761. The highest BCUT2D eigenvalue weighted by atomic mass is 16.6. The maximum atomic E-state index is 12.7. The van der Waals surface area contributed by atoms with E-state index in [-0.39, 0.29) is 31.1 Å². The van der Waals surface area contributed by atoms with Crippen molar-refractivity contribution in [3.63, 3.8) is 0 Å². The van der Waals surface area contributed by atoms with E-state index < -0.39 is 6.10 Å². The van der Waals surface area contributed by atoms with Crippen LogP contribution in [-0.4, -0.2) is 37.2 Å². The van der Waals surface area contributed by atoms with Gasteiger partial charge in [-0.15, -0.1) is 0 Å². The molecule has 0 aromatic rings. The van der Waals surface area contributed by atoms with E-state index in [4.69, 9.17) is 14.2 Å². The van der Waals surface area contributed by atoms with Crippen molar-refractivity contribution in [2.45, 2.75) is 272 Å². The second-order valence-corrected chi connectivity index (χ2v) is 17.7. The van der Waals surface area contributed by atoms with Crippen LogP contribution in [0.15, 0.2) is 0 Å². The molecule has 0 amide bonds. The molecule has 0 fully saturated rings. The first-order valence-electron chi connectivity index (χ1n) is 24.2. The Labute approximate surface area is 342 Å². The Morgan fingerprint density at radius 3 is 0.891 bits per heavy atom. The third-order valence-corrected chi connectivity index (χ3v) is 11.0. The topological polar surface area (TPSA) is 78.9 Å². The standard InChI is InChI=1S/C49H94O6/c1-6-7-8-9-10-11-12-13-14-15-16-17-20-23-29-34-39-47(50)53-42-46(55-49(52)41-36-31-26-25-28-33-38-45(4)5)43-54-48(51)40-35-30-24-21-18-19-22-27-32-37-44(2)3/h44-46H,6-43H2,1-5H3/t46-/m1/s1. The first-order chi connectivity index (χ1) is 26.7. The molecule has 1 atom stereocenters. The molecule has 0 spiro atoms. The predicted molar refractivity (Wildman–Crippen MR) is 233 cm³/mol. The zero-order chi connectivity index (χ0) is 40.5. The highest BCUT2D eigenvalue weighted by Crippen LogP contribution is 2.17. The van der Waals surface area contributed by atoms with Gasteiger partial charge in [-0.3, -0.25) is 14.4 Å². The molecule has 0 aliphatic heterocycles. The first kappa shape index (κ1) is 53.4. The number of unbranched alkanes of at least 4 members (excludes halogenated alkanes) is 28. The Balaban J connectivity index is 4.26. The van der Waals surface area contributed by atoms with E-state index in [0.717, 1.165) is 69.6 Å². The molecule has 0 aliphatic carbocycles. The third kappa shape index (κ3) is 43.4. The fourth-order valence-electron chi connectivity index (χ4n) is 7.28. The van der Waals surface area contributed by atoms with Crippen LogP contribution in [0.3, 0.4) is 0 Å². The van der Waals surface area contributed by atoms with E-state index in [0.29, 0.717) is 19.3 Å². The number of rotatable bonds is 43. The molecule has 0 aromatic carbocycles. The lowest BCUT2D eigenvalue weighted by Gasteiger charge is -2.18. The summed E-state index contributed by atoms with van der Waals surface area (Å²) in [5.41, 5.74) is 0. The lowest BCUT2D eigenvalue weighted by molar-refractivity contribution is -0.167. The van der Waals surface area contributed by atoms with Crippen molar-refractivity contribution in [2.24, 2.45) is 11.8 Å². The van der Waals surface area contributed by atoms with Gasteiger partial charge in [0.15, 0.2) is 6.10 Å².